The monoisotopic (exact) mass is 240 g/mol. The summed E-state index contributed by atoms with van der Waals surface area (Å²) in [5.41, 5.74) is 1.88. The lowest BCUT2D eigenvalue weighted by Crippen LogP contribution is -1.89. The number of H-pyrrole nitrogens is 1. The minimum atomic E-state index is 0.161. The Kier molecular flexibility index (Phi) is 2.33. The number of aliphatic hydroxyl groups is 1. The van der Waals surface area contributed by atoms with Gasteiger partial charge in [0.05, 0.1) is 0 Å². The Morgan fingerprint density at radius 1 is 1.46 bits per heavy atom. The van der Waals surface area contributed by atoms with E-state index in [1.807, 2.05) is 12.1 Å². The van der Waals surface area contributed by atoms with Crippen molar-refractivity contribution in [1.29, 1.82) is 0 Å². The lowest BCUT2D eigenvalue weighted by Gasteiger charge is -1.89. The number of rotatable bonds is 2. The molecule has 2 heterocycles. The predicted molar refractivity (Wildman–Crippen MR) is 54.6 cm³/mol. The zero-order chi connectivity index (χ0) is 9.26. The normalized spacial score (nSPS) is 10.9. The Bertz CT molecular complexity index is 424. The Labute approximate surface area is 83.9 Å². The molecule has 0 spiro atoms. The Balaban J connectivity index is 2.49. The molecule has 0 aliphatic rings. The van der Waals surface area contributed by atoms with Crippen LogP contribution in [0.2, 0.25) is 0 Å². The Hall–Kier alpha value is -0.870. The van der Waals surface area contributed by atoms with Crippen molar-refractivity contribution < 1.29 is 5.11 Å². The molecule has 0 radical (unpaired) electrons. The van der Waals surface area contributed by atoms with Gasteiger partial charge < -0.3 is 10.1 Å². The van der Waals surface area contributed by atoms with Gasteiger partial charge in [-0.3, -0.25) is 0 Å². The maximum Gasteiger partial charge on any atom is 0.137 e. The van der Waals surface area contributed by atoms with E-state index in [0.29, 0.717) is 6.42 Å². The molecule has 4 heteroatoms. The number of aliphatic hydroxyl groups excluding tert-OH is 1. The summed E-state index contributed by atoms with van der Waals surface area (Å²) in [7, 11) is 0. The van der Waals surface area contributed by atoms with E-state index in [-0.39, 0.29) is 6.61 Å². The summed E-state index contributed by atoms with van der Waals surface area (Å²) in [6.45, 7) is 0.161. The van der Waals surface area contributed by atoms with E-state index < -0.39 is 0 Å². The second kappa shape index (κ2) is 3.47. The topological polar surface area (TPSA) is 48.9 Å². The van der Waals surface area contributed by atoms with Crippen LogP contribution in [-0.2, 0) is 6.42 Å². The molecule has 13 heavy (non-hydrogen) atoms. The SMILES string of the molecule is OCCc1cc2cc(Br)cnc2[nH]1. The highest BCUT2D eigenvalue weighted by Gasteiger charge is 2.01. The van der Waals surface area contributed by atoms with E-state index >= 15 is 0 Å². The fraction of sp³-hybridized carbons (Fsp3) is 0.222. The fourth-order valence-corrected chi connectivity index (χ4v) is 1.65. The summed E-state index contributed by atoms with van der Waals surface area (Å²) in [5, 5.41) is 9.82. The first-order chi connectivity index (χ1) is 6.29. The van der Waals surface area contributed by atoms with E-state index in [1.165, 1.54) is 0 Å². The molecule has 0 aliphatic heterocycles. The summed E-state index contributed by atoms with van der Waals surface area (Å²) >= 11 is 3.35. The highest BCUT2D eigenvalue weighted by molar-refractivity contribution is 9.10. The number of nitrogens with one attached hydrogen (secondary N) is 1. The quantitative estimate of drug-likeness (QED) is 0.843. The van der Waals surface area contributed by atoms with E-state index in [1.54, 1.807) is 6.20 Å². The average molecular weight is 241 g/mol. The maximum atomic E-state index is 8.75. The second-order valence-electron chi connectivity index (χ2n) is 2.86. The maximum absolute atomic E-state index is 8.75. The first kappa shape index (κ1) is 8.72. The van der Waals surface area contributed by atoms with E-state index in [9.17, 15) is 0 Å². The molecule has 0 atom stereocenters. The van der Waals surface area contributed by atoms with Crippen LogP contribution in [0.4, 0.5) is 0 Å². The molecular weight excluding hydrogens is 232 g/mol. The second-order valence-corrected chi connectivity index (χ2v) is 3.78. The molecular formula is C9H9BrN2O. The van der Waals surface area contributed by atoms with Crippen LogP contribution in [0.25, 0.3) is 11.0 Å². The van der Waals surface area contributed by atoms with Gasteiger partial charge in [-0.25, -0.2) is 4.98 Å². The van der Waals surface area contributed by atoms with Crippen LogP contribution in [0.3, 0.4) is 0 Å². The summed E-state index contributed by atoms with van der Waals surface area (Å²) in [5.74, 6) is 0. The molecule has 0 unspecified atom stereocenters. The van der Waals surface area contributed by atoms with Crippen molar-refractivity contribution in [3.63, 3.8) is 0 Å². The third-order valence-electron chi connectivity index (χ3n) is 1.87. The summed E-state index contributed by atoms with van der Waals surface area (Å²) in [4.78, 5) is 7.33. The van der Waals surface area contributed by atoms with Gasteiger partial charge in [-0.2, -0.15) is 0 Å². The molecule has 0 amide bonds. The largest absolute Gasteiger partial charge is 0.396 e. The molecule has 0 saturated heterocycles. The number of nitrogens with zero attached hydrogens (tertiary/aromatic N) is 1. The molecule has 2 rings (SSSR count). The van der Waals surface area contributed by atoms with Crippen molar-refractivity contribution in [2.24, 2.45) is 0 Å². The van der Waals surface area contributed by atoms with E-state index in [2.05, 4.69) is 25.9 Å². The third kappa shape index (κ3) is 1.73. The van der Waals surface area contributed by atoms with Crippen molar-refractivity contribution in [2.45, 2.75) is 6.42 Å². The lowest BCUT2D eigenvalue weighted by molar-refractivity contribution is 0.298. The van der Waals surface area contributed by atoms with Crippen LogP contribution in [0.15, 0.2) is 22.8 Å². The molecule has 68 valence electrons. The number of aromatic nitrogens is 2. The Morgan fingerprint density at radius 3 is 3.08 bits per heavy atom. The van der Waals surface area contributed by atoms with Gasteiger partial charge in [-0.05, 0) is 28.1 Å². The van der Waals surface area contributed by atoms with Crippen molar-refractivity contribution >= 4 is 27.0 Å². The van der Waals surface area contributed by atoms with Crippen LogP contribution < -0.4 is 0 Å². The highest BCUT2D eigenvalue weighted by Crippen LogP contribution is 2.17. The summed E-state index contributed by atoms with van der Waals surface area (Å²) in [6.07, 6.45) is 2.40. The number of pyridine rings is 1. The van der Waals surface area contributed by atoms with Crippen molar-refractivity contribution in [2.75, 3.05) is 6.61 Å². The van der Waals surface area contributed by atoms with Gasteiger partial charge in [-0.15, -0.1) is 0 Å². The third-order valence-corrected chi connectivity index (χ3v) is 2.31. The van der Waals surface area contributed by atoms with E-state index in [4.69, 9.17) is 5.11 Å². The van der Waals surface area contributed by atoms with Gasteiger partial charge in [0.15, 0.2) is 0 Å². The van der Waals surface area contributed by atoms with Crippen molar-refractivity contribution in [3.8, 4) is 0 Å². The molecule has 0 bridgehead atoms. The number of hydrogen-bond donors (Lipinski definition) is 2. The first-order valence-corrected chi connectivity index (χ1v) is 4.83. The van der Waals surface area contributed by atoms with Gasteiger partial charge in [0.2, 0.25) is 0 Å². The molecule has 2 N–H and O–H groups in total. The number of fused-ring (bicyclic) bond motifs is 1. The lowest BCUT2D eigenvalue weighted by atomic mass is 10.3. The molecule has 0 fully saturated rings. The number of halogens is 1. The van der Waals surface area contributed by atoms with Crippen LogP contribution in [0.5, 0.6) is 0 Å². The highest BCUT2D eigenvalue weighted by atomic mass is 79.9. The average Bonchev–Trinajstić information content (AvgIpc) is 2.46. The van der Waals surface area contributed by atoms with E-state index in [0.717, 1.165) is 21.2 Å². The fourth-order valence-electron chi connectivity index (χ4n) is 1.30. The van der Waals surface area contributed by atoms with Gasteiger partial charge >= 0.3 is 0 Å². The van der Waals surface area contributed by atoms with Gasteiger partial charge in [0, 0.05) is 34.8 Å². The minimum absolute atomic E-state index is 0.161. The number of aromatic amines is 1. The minimum Gasteiger partial charge on any atom is -0.396 e. The molecule has 0 aromatic carbocycles. The molecule has 2 aromatic rings. The molecule has 3 nitrogen and oxygen atoms in total. The van der Waals surface area contributed by atoms with Gasteiger partial charge in [-0.1, -0.05) is 0 Å². The smallest absolute Gasteiger partial charge is 0.137 e. The molecule has 2 aromatic heterocycles. The summed E-state index contributed by atoms with van der Waals surface area (Å²) < 4.78 is 0.967. The standard InChI is InChI=1S/C9H9BrN2O/c10-7-3-6-4-8(1-2-13)12-9(6)11-5-7/h3-5,13H,1-2H2,(H,11,12). The van der Waals surface area contributed by atoms with Crippen LogP contribution in [-0.4, -0.2) is 21.7 Å². The van der Waals surface area contributed by atoms with Crippen molar-refractivity contribution in [3.05, 3.63) is 28.5 Å². The zero-order valence-electron chi connectivity index (χ0n) is 6.92. The predicted octanol–water partition coefficient (Wildman–Crippen LogP) is 1.86. The zero-order valence-corrected chi connectivity index (χ0v) is 8.50. The van der Waals surface area contributed by atoms with Crippen molar-refractivity contribution in [1.82, 2.24) is 9.97 Å². The van der Waals surface area contributed by atoms with Crippen LogP contribution >= 0.6 is 15.9 Å². The van der Waals surface area contributed by atoms with Gasteiger partial charge in [0.25, 0.3) is 0 Å². The number of hydrogen-bond acceptors (Lipinski definition) is 2. The molecule has 0 saturated carbocycles. The van der Waals surface area contributed by atoms with Gasteiger partial charge in [0.1, 0.15) is 5.65 Å². The first-order valence-electron chi connectivity index (χ1n) is 4.03. The molecule has 0 aliphatic carbocycles. The van der Waals surface area contributed by atoms with Crippen LogP contribution in [0.1, 0.15) is 5.69 Å². The Morgan fingerprint density at radius 2 is 2.31 bits per heavy atom. The summed E-state index contributed by atoms with van der Waals surface area (Å²) in [6, 6.07) is 4.00. The van der Waals surface area contributed by atoms with Crippen LogP contribution in [0, 0.1) is 0 Å².